The van der Waals surface area contributed by atoms with Crippen molar-refractivity contribution < 1.29 is 0 Å². The van der Waals surface area contributed by atoms with Crippen molar-refractivity contribution in [3.05, 3.63) is 54.6 Å². The highest BCUT2D eigenvalue weighted by Crippen LogP contribution is 2.32. The van der Waals surface area contributed by atoms with Crippen molar-refractivity contribution >= 4 is 22.8 Å². The number of fused-ring (bicyclic) bond motifs is 1. The molecule has 4 aromatic rings. The molecule has 1 aromatic carbocycles. The van der Waals surface area contributed by atoms with Crippen LogP contribution in [0.2, 0.25) is 0 Å². The number of hydrogen-bond acceptors (Lipinski definition) is 4. The molecule has 0 aliphatic carbocycles. The smallest absolute Gasteiger partial charge is 0.174 e. The van der Waals surface area contributed by atoms with Crippen molar-refractivity contribution in [2.45, 2.75) is 17.1 Å². The summed E-state index contributed by atoms with van der Waals surface area (Å²) >= 11 is 1.56. The molecule has 0 aliphatic heterocycles. The van der Waals surface area contributed by atoms with Crippen molar-refractivity contribution in [1.29, 1.82) is 0 Å². The number of aromatic nitrogens is 5. The SMILES string of the molecule is Cc1nc(Sc2ncc(-c3ccccc3)n2C)c2cc[nH]c2n1. The highest BCUT2D eigenvalue weighted by molar-refractivity contribution is 7.99. The van der Waals surface area contributed by atoms with E-state index in [1.807, 2.05) is 50.6 Å². The minimum absolute atomic E-state index is 0.750. The van der Waals surface area contributed by atoms with E-state index in [1.165, 1.54) is 0 Å². The maximum atomic E-state index is 4.57. The van der Waals surface area contributed by atoms with Crippen LogP contribution in [0.25, 0.3) is 22.3 Å². The van der Waals surface area contributed by atoms with Crippen LogP contribution in [0.1, 0.15) is 5.82 Å². The van der Waals surface area contributed by atoms with Crippen molar-refractivity contribution in [2.75, 3.05) is 0 Å². The summed E-state index contributed by atoms with van der Waals surface area (Å²) in [6, 6.07) is 12.3. The molecule has 0 bridgehead atoms. The summed E-state index contributed by atoms with van der Waals surface area (Å²) in [5.41, 5.74) is 3.10. The molecule has 1 N–H and O–H groups in total. The molecule has 5 nitrogen and oxygen atoms in total. The van der Waals surface area contributed by atoms with Crippen LogP contribution in [0.4, 0.5) is 0 Å². The molecule has 0 fully saturated rings. The molecule has 0 unspecified atom stereocenters. The van der Waals surface area contributed by atoms with Gasteiger partial charge in [0.2, 0.25) is 0 Å². The number of benzene rings is 1. The lowest BCUT2D eigenvalue weighted by Crippen LogP contribution is -1.96. The fourth-order valence-electron chi connectivity index (χ4n) is 2.55. The number of rotatable bonds is 3. The third-order valence-corrected chi connectivity index (χ3v) is 4.76. The van der Waals surface area contributed by atoms with E-state index < -0.39 is 0 Å². The molecule has 23 heavy (non-hydrogen) atoms. The number of hydrogen-bond donors (Lipinski definition) is 1. The average Bonchev–Trinajstić information content (AvgIpc) is 3.16. The van der Waals surface area contributed by atoms with Gasteiger partial charge in [0.1, 0.15) is 16.5 Å². The molecule has 0 atom stereocenters. The summed E-state index contributed by atoms with van der Waals surface area (Å²) in [5, 5.41) is 2.84. The summed E-state index contributed by atoms with van der Waals surface area (Å²) in [5.74, 6) is 0.750. The molecule has 3 aromatic heterocycles. The Morgan fingerprint density at radius 1 is 1.09 bits per heavy atom. The van der Waals surface area contributed by atoms with E-state index in [1.54, 1.807) is 11.8 Å². The van der Waals surface area contributed by atoms with E-state index in [9.17, 15) is 0 Å². The number of imidazole rings is 1. The second-order valence-electron chi connectivity index (χ2n) is 5.27. The molecule has 4 rings (SSSR count). The topological polar surface area (TPSA) is 59.4 Å². The van der Waals surface area contributed by atoms with Gasteiger partial charge >= 0.3 is 0 Å². The normalized spacial score (nSPS) is 11.2. The fraction of sp³-hybridized carbons (Fsp3) is 0.118. The van der Waals surface area contributed by atoms with Crippen molar-refractivity contribution in [1.82, 2.24) is 24.5 Å². The van der Waals surface area contributed by atoms with Crippen LogP contribution in [-0.4, -0.2) is 24.5 Å². The molecule has 0 aliphatic rings. The number of nitrogens with zero attached hydrogens (tertiary/aromatic N) is 4. The summed E-state index contributed by atoms with van der Waals surface area (Å²) in [7, 11) is 2.03. The van der Waals surface area contributed by atoms with Gasteiger partial charge in [-0.1, -0.05) is 30.3 Å². The van der Waals surface area contributed by atoms with Crippen molar-refractivity contribution in [3.63, 3.8) is 0 Å². The second kappa shape index (κ2) is 5.55. The predicted molar refractivity (Wildman–Crippen MR) is 91.4 cm³/mol. The maximum Gasteiger partial charge on any atom is 0.174 e. The first-order valence-corrected chi connectivity index (χ1v) is 8.11. The van der Waals surface area contributed by atoms with Gasteiger partial charge in [-0.3, -0.25) is 0 Å². The Morgan fingerprint density at radius 2 is 1.91 bits per heavy atom. The van der Waals surface area contributed by atoms with Crippen molar-refractivity contribution in [3.8, 4) is 11.3 Å². The fourth-order valence-corrected chi connectivity index (χ4v) is 3.51. The van der Waals surface area contributed by atoms with Crippen molar-refractivity contribution in [2.24, 2.45) is 7.05 Å². The lowest BCUT2D eigenvalue weighted by Gasteiger charge is -2.06. The molecular weight excluding hydrogens is 306 g/mol. The minimum Gasteiger partial charge on any atom is -0.346 e. The summed E-state index contributed by atoms with van der Waals surface area (Å²) in [4.78, 5) is 16.7. The van der Waals surface area contributed by atoms with Gasteiger partial charge < -0.3 is 9.55 Å². The van der Waals surface area contributed by atoms with Gasteiger partial charge in [-0.05, 0) is 30.3 Å². The third-order valence-electron chi connectivity index (χ3n) is 3.70. The minimum atomic E-state index is 0.750. The van der Waals surface area contributed by atoms with Gasteiger partial charge in [-0.15, -0.1) is 0 Å². The van der Waals surface area contributed by atoms with Crippen LogP contribution in [0.3, 0.4) is 0 Å². The molecular formula is C17H15N5S. The Hall–Kier alpha value is -2.60. The first kappa shape index (κ1) is 14.0. The summed E-state index contributed by atoms with van der Waals surface area (Å²) in [6.07, 6.45) is 3.79. The van der Waals surface area contributed by atoms with Crippen LogP contribution in [0.5, 0.6) is 0 Å². The van der Waals surface area contributed by atoms with E-state index in [4.69, 9.17) is 0 Å². The van der Waals surface area contributed by atoms with Crippen LogP contribution < -0.4 is 0 Å². The van der Waals surface area contributed by atoms with Gasteiger partial charge in [0, 0.05) is 13.2 Å². The molecule has 0 radical (unpaired) electrons. The Bertz CT molecular complexity index is 971. The molecule has 0 spiro atoms. The van der Waals surface area contributed by atoms with E-state index in [-0.39, 0.29) is 0 Å². The Balaban J connectivity index is 1.75. The number of aryl methyl sites for hydroxylation is 1. The maximum absolute atomic E-state index is 4.57. The monoisotopic (exact) mass is 321 g/mol. The van der Waals surface area contributed by atoms with Gasteiger partial charge in [0.15, 0.2) is 5.16 Å². The predicted octanol–water partition coefficient (Wildman–Crippen LogP) is 3.82. The molecule has 0 amide bonds. The van der Waals surface area contributed by atoms with Gasteiger partial charge in [0.05, 0.1) is 17.3 Å². The first-order chi connectivity index (χ1) is 11.2. The van der Waals surface area contributed by atoms with Crippen LogP contribution in [0, 0.1) is 6.92 Å². The molecule has 3 heterocycles. The third kappa shape index (κ3) is 2.51. The number of aromatic amines is 1. The van der Waals surface area contributed by atoms with Crippen LogP contribution >= 0.6 is 11.8 Å². The number of H-pyrrole nitrogens is 1. The number of nitrogens with one attached hydrogen (secondary N) is 1. The van der Waals surface area contributed by atoms with Gasteiger partial charge in [-0.2, -0.15) is 0 Å². The molecule has 6 heteroatoms. The van der Waals surface area contributed by atoms with Crippen LogP contribution in [-0.2, 0) is 7.05 Å². The lowest BCUT2D eigenvalue weighted by atomic mass is 10.2. The largest absolute Gasteiger partial charge is 0.346 e. The van der Waals surface area contributed by atoms with E-state index >= 15 is 0 Å². The Labute approximate surface area is 137 Å². The van der Waals surface area contributed by atoms with Gasteiger partial charge in [-0.25, -0.2) is 15.0 Å². The molecule has 0 saturated carbocycles. The zero-order chi connectivity index (χ0) is 15.8. The summed E-state index contributed by atoms with van der Waals surface area (Å²) in [6.45, 7) is 1.90. The average molecular weight is 321 g/mol. The van der Waals surface area contributed by atoms with E-state index in [2.05, 4.69) is 36.6 Å². The Morgan fingerprint density at radius 3 is 2.74 bits per heavy atom. The highest BCUT2D eigenvalue weighted by atomic mass is 32.2. The first-order valence-electron chi connectivity index (χ1n) is 7.29. The zero-order valence-electron chi connectivity index (χ0n) is 12.8. The second-order valence-corrected chi connectivity index (χ2v) is 6.23. The quantitative estimate of drug-likeness (QED) is 0.583. The lowest BCUT2D eigenvalue weighted by molar-refractivity contribution is 0.795. The standard InChI is InChI=1S/C17H15N5S/c1-11-20-15-13(8-9-18-15)16(21-11)23-17-19-10-14(22(17)2)12-6-4-3-5-7-12/h3-10H,1-2H3,(H,18,20,21). The van der Waals surface area contributed by atoms with Crippen LogP contribution in [0.15, 0.2) is 59.0 Å². The van der Waals surface area contributed by atoms with Gasteiger partial charge in [0.25, 0.3) is 0 Å². The van der Waals surface area contributed by atoms with E-state index in [0.29, 0.717) is 0 Å². The zero-order valence-corrected chi connectivity index (χ0v) is 13.6. The van der Waals surface area contributed by atoms with E-state index in [0.717, 1.165) is 38.3 Å². The molecule has 114 valence electrons. The Kier molecular flexibility index (Phi) is 3.38. The summed E-state index contributed by atoms with van der Waals surface area (Å²) < 4.78 is 2.09. The highest BCUT2D eigenvalue weighted by Gasteiger charge is 2.14. The molecule has 0 saturated heterocycles.